The summed E-state index contributed by atoms with van der Waals surface area (Å²) in [4.78, 5) is 14.3. The highest BCUT2D eigenvalue weighted by Gasteiger charge is 2.28. The molecule has 0 bridgehead atoms. The number of nitrogens with one attached hydrogen (secondary N) is 1. The van der Waals surface area contributed by atoms with Gasteiger partial charge < -0.3 is 14.6 Å². The van der Waals surface area contributed by atoms with Crippen molar-refractivity contribution in [1.82, 2.24) is 20.4 Å². The Morgan fingerprint density at radius 2 is 1.83 bits per heavy atom. The minimum atomic E-state index is 0.101. The van der Waals surface area contributed by atoms with E-state index >= 15 is 0 Å². The van der Waals surface area contributed by atoms with Gasteiger partial charge in [0.1, 0.15) is 0 Å². The minimum absolute atomic E-state index is 0.101. The van der Waals surface area contributed by atoms with Crippen LogP contribution in [0.15, 0.2) is 4.42 Å². The summed E-state index contributed by atoms with van der Waals surface area (Å²) in [6.45, 7) is 5.64. The molecule has 0 unspecified atom stereocenters. The predicted molar refractivity (Wildman–Crippen MR) is 87.3 cm³/mol. The molecule has 0 atom stereocenters. The van der Waals surface area contributed by atoms with Gasteiger partial charge in [-0.3, -0.25) is 0 Å². The van der Waals surface area contributed by atoms with Crippen molar-refractivity contribution < 1.29 is 9.21 Å². The van der Waals surface area contributed by atoms with Gasteiger partial charge in [-0.05, 0) is 25.7 Å². The highest BCUT2D eigenvalue weighted by Crippen LogP contribution is 2.28. The Hall–Kier alpha value is -1.59. The first kappa shape index (κ1) is 16.3. The lowest BCUT2D eigenvalue weighted by Gasteiger charge is -2.32. The second-order valence-electron chi connectivity index (χ2n) is 7.18. The van der Waals surface area contributed by atoms with Gasteiger partial charge in [0.2, 0.25) is 11.8 Å². The summed E-state index contributed by atoms with van der Waals surface area (Å²) < 4.78 is 5.76. The first-order chi connectivity index (χ1) is 11.1. The van der Waals surface area contributed by atoms with Crippen molar-refractivity contribution in [2.45, 2.75) is 76.7 Å². The van der Waals surface area contributed by atoms with Gasteiger partial charge in [-0.1, -0.05) is 33.1 Å². The van der Waals surface area contributed by atoms with E-state index in [0.29, 0.717) is 11.9 Å². The fraction of sp³-hybridized carbons (Fsp3) is 0.824. The summed E-state index contributed by atoms with van der Waals surface area (Å²) in [5, 5.41) is 11.5. The van der Waals surface area contributed by atoms with Crippen LogP contribution in [0, 0.1) is 0 Å². The molecule has 0 aromatic carbocycles. The summed E-state index contributed by atoms with van der Waals surface area (Å²) in [5.74, 6) is 1.99. The zero-order valence-electron chi connectivity index (χ0n) is 14.3. The van der Waals surface area contributed by atoms with E-state index < -0.39 is 0 Å². The first-order valence-corrected chi connectivity index (χ1v) is 9.02. The van der Waals surface area contributed by atoms with Gasteiger partial charge >= 0.3 is 6.03 Å². The van der Waals surface area contributed by atoms with Crippen LogP contribution in [-0.4, -0.2) is 40.3 Å². The van der Waals surface area contributed by atoms with Crippen LogP contribution in [0.25, 0.3) is 0 Å². The number of piperidine rings is 1. The van der Waals surface area contributed by atoms with Crippen LogP contribution >= 0.6 is 0 Å². The van der Waals surface area contributed by atoms with Gasteiger partial charge in [0.25, 0.3) is 0 Å². The van der Waals surface area contributed by atoms with Gasteiger partial charge in [-0.15, -0.1) is 10.2 Å². The van der Waals surface area contributed by atoms with E-state index in [0.717, 1.165) is 44.7 Å². The van der Waals surface area contributed by atoms with Crippen LogP contribution in [0.5, 0.6) is 0 Å². The number of nitrogens with zero attached hydrogens (tertiary/aromatic N) is 3. The van der Waals surface area contributed by atoms with E-state index in [-0.39, 0.29) is 17.9 Å². The molecular formula is C17H28N4O2. The largest absolute Gasteiger partial charge is 0.425 e. The number of hydrogen-bond donors (Lipinski definition) is 1. The zero-order chi connectivity index (χ0) is 16.2. The van der Waals surface area contributed by atoms with Crippen LogP contribution < -0.4 is 5.32 Å². The molecule has 1 saturated carbocycles. The van der Waals surface area contributed by atoms with Gasteiger partial charge in [0, 0.05) is 31.0 Å². The summed E-state index contributed by atoms with van der Waals surface area (Å²) in [7, 11) is 0. The molecule has 1 aliphatic carbocycles. The van der Waals surface area contributed by atoms with E-state index in [2.05, 4.69) is 29.4 Å². The molecule has 6 nitrogen and oxygen atoms in total. The normalized spacial score (nSPS) is 20.9. The predicted octanol–water partition coefficient (Wildman–Crippen LogP) is 3.41. The van der Waals surface area contributed by atoms with Crippen molar-refractivity contribution in [1.29, 1.82) is 0 Å². The second-order valence-corrected chi connectivity index (χ2v) is 7.18. The lowest BCUT2D eigenvalue weighted by Crippen LogP contribution is -2.48. The van der Waals surface area contributed by atoms with E-state index in [1.54, 1.807) is 0 Å². The number of amides is 2. The van der Waals surface area contributed by atoms with Crippen LogP contribution in [0.3, 0.4) is 0 Å². The maximum atomic E-state index is 12.4. The molecule has 23 heavy (non-hydrogen) atoms. The Bertz CT molecular complexity index is 514. The summed E-state index contributed by atoms with van der Waals surface area (Å²) >= 11 is 0. The highest BCUT2D eigenvalue weighted by molar-refractivity contribution is 5.74. The molecule has 1 aromatic heterocycles. The fourth-order valence-corrected chi connectivity index (χ4v) is 3.49. The first-order valence-electron chi connectivity index (χ1n) is 9.02. The summed E-state index contributed by atoms with van der Waals surface area (Å²) in [5.41, 5.74) is 0. The Kier molecular flexibility index (Phi) is 5.18. The third kappa shape index (κ3) is 4.03. The molecule has 2 fully saturated rings. The lowest BCUT2D eigenvalue weighted by atomic mass is 9.95. The van der Waals surface area contributed by atoms with Gasteiger partial charge in [0.05, 0.1) is 0 Å². The molecule has 1 aromatic rings. The Labute approximate surface area is 138 Å². The van der Waals surface area contributed by atoms with Crippen molar-refractivity contribution in [3.05, 3.63) is 11.8 Å². The molecule has 6 heteroatoms. The molecule has 2 heterocycles. The van der Waals surface area contributed by atoms with E-state index in [1.165, 1.54) is 19.3 Å². The maximum Gasteiger partial charge on any atom is 0.317 e. The number of carbonyl (C=O) groups is 1. The average molecular weight is 320 g/mol. The molecule has 0 spiro atoms. The molecule has 1 aliphatic heterocycles. The van der Waals surface area contributed by atoms with E-state index in [4.69, 9.17) is 4.42 Å². The van der Waals surface area contributed by atoms with Crippen LogP contribution in [0.2, 0.25) is 0 Å². The van der Waals surface area contributed by atoms with E-state index in [9.17, 15) is 4.79 Å². The fourth-order valence-electron chi connectivity index (χ4n) is 3.49. The number of hydrogen-bond acceptors (Lipinski definition) is 4. The Balaban J connectivity index is 1.48. The summed E-state index contributed by atoms with van der Waals surface area (Å²) in [6.07, 6.45) is 7.84. The number of aromatic nitrogens is 2. The lowest BCUT2D eigenvalue weighted by molar-refractivity contribution is 0.170. The zero-order valence-corrected chi connectivity index (χ0v) is 14.3. The van der Waals surface area contributed by atoms with E-state index in [1.807, 2.05) is 4.90 Å². The minimum Gasteiger partial charge on any atom is -0.425 e. The molecule has 2 aliphatic rings. The van der Waals surface area contributed by atoms with Gasteiger partial charge in [0.15, 0.2) is 0 Å². The van der Waals surface area contributed by atoms with Crippen LogP contribution in [-0.2, 0) is 0 Å². The summed E-state index contributed by atoms with van der Waals surface area (Å²) in [6, 6.07) is 0.474. The smallest absolute Gasteiger partial charge is 0.317 e. The van der Waals surface area contributed by atoms with Crippen LogP contribution in [0.1, 0.15) is 82.4 Å². The number of rotatable bonds is 3. The molecule has 1 N–H and O–H groups in total. The standard InChI is InChI=1S/C17H28N4O2/c1-12(2)15-19-20-16(23-15)13-8-10-21(11-9-13)17(22)18-14-6-4-3-5-7-14/h12-14H,3-11H2,1-2H3,(H,18,22). The molecule has 1 saturated heterocycles. The molecular weight excluding hydrogens is 292 g/mol. The topological polar surface area (TPSA) is 71.3 Å². The average Bonchev–Trinajstić information content (AvgIpc) is 3.06. The van der Waals surface area contributed by atoms with Crippen LogP contribution in [0.4, 0.5) is 4.79 Å². The SMILES string of the molecule is CC(C)c1nnc(C2CCN(C(=O)NC3CCCCC3)CC2)o1. The number of carbonyl (C=O) groups excluding carboxylic acids is 1. The Morgan fingerprint density at radius 3 is 2.43 bits per heavy atom. The quantitative estimate of drug-likeness (QED) is 0.926. The number of urea groups is 1. The third-order valence-corrected chi connectivity index (χ3v) is 5.01. The van der Waals surface area contributed by atoms with Crippen molar-refractivity contribution in [3.8, 4) is 0 Å². The molecule has 2 amide bonds. The third-order valence-electron chi connectivity index (χ3n) is 5.01. The molecule has 0 radical (unpaired) electrons. The molecule has 128 valence electrons. The van der Waals surface area contributed by atoms with Gasteiger partial charge in [-0.2, -0.15) is 0 Å². The maximum absolute atomic E-state index is 12.4. The van der Waals surface area contributed by atoms with Crippen molar-refractivity contribution >= 4 is 6.03 Å². The van der Waals surface area contributed by atoms with Crippen molar-refractivity contribution in [2.75, 3.05) is 13.1 Å². The number of likely N-dealkylation sites (tertiary alicyclic amines) is 1. The highest BCUT2D eigenvalue weighted by atomic mass is 16.4. The van der Waals surface area contributed by atoms with Crippen molar-refractivity contribution in [2.24, 2.45) is 0 Å². The van der Waals surface area contributed by atoms with Gasteiger partial charge in [-0.25, -0.2) is 4.79 Å². The monoisotopic (exact) mass is 320 g/mol. The molecule has 3 rings (SSSR count). The Morgan fingerprint density at radius 1 is 1.13 bits per heavy atom. The van der Waals surface area contributed by atoms with Crippen molar-refractivity contribution in [3.63, 3.8) is 0 Å². The second kappa shape index (κ2) is 7.32.